The number of hydrogen-bond acceptors (Lipinski definition) is 2. The molecule has 114 valence electrons. The first-order valence-corrected chi connectivity index (χ1v) is 7.50. The van der Waals surface area contributed by atoms with Crippen molar-refractivity contribution >= 4 is 0 Å². The third-order valence-corrected chi connectivity index (χ3v) is 2.77. The molecular weight excluding hydrogens is 272 g/mol. The average Bonchev–Trinajstić information content (AvgIpc) is 2.45. The fraction of sp³-hybridized carbons (Fsp3) is 0.300. The molecule has 2 rings (SSSR count). The van der Waals surface area contributed by atoms with Gasteiger partial charge in [0.25, 0.3) is 0 Å². The first-order chi connectivity index (χ1) is 10.5. The molecule has 0 saturated heterocycles. The second-order valence-corrected chi connectivity index (χ2v) is 5.95. The highest BCUT2D eigenvalue weighted by Crippen LogP contribution is 2.19. The molecule has 0 amide bonds. The Morgan fingerprint density at radius 2 is 1.55 bits per heavy atom. The van der Waals surface area contributed by atoms with Gasteiger partial charge in [-0.05, 0) is 70.2 Å². The van der Waals surface area contributed by atoms with Crippen LogP contribution in [0, 0.1) is 11.8 Å². The molecular formula is C20H22O2. The van der Waals surface area contributed by atoms with Gasteiger partial charge in [-0.1, -0.05) is 17.9 Å². The molecule has 0 heterocycles. The van der Waals surface area contributed by atoms with Crippen molar-refractivity contribution < 1.29 is 9.47 Å². The molecule has 0 aliphatic heterocycles. The van der Waals surface area contributed by atoms with Crippen LogP contribution in [0.4, 0.5) is 0 Å². The van der Waals surface area contributed by atoms with Crippen LogP contribution in [0.2, 0.25) is 0 Å². The molecule has 0 spiro atoms. The summed E-state index contributed by atoms with van der Waals surface area (Å²) in [5.41, 5.74) is 1.70. The molecule has 2 heteroatoms. The van der Waals surface area contributed by atoms with Gasteiger partial charge in [-0.15, -0.1) is 0 Å². The first-order valence-electron chi connectivity index (χ1n) is 7.50. The topological polar surface area (TPSA) is 18.5 Å². The Kier molecular flexibility index (Phi) is 5.12. The molecule has 2 aromatic rings. The summed E-state index contributed by atoms with van der Waals surface area (Å²) in [4.78, 5) is 0. The zero-order valence-corrected chi connectivity index (χ0v) is 13.6. The fourth-order valence-electron chi connectivity index (χ4n) is 1.94. The smallest absolute Gasteiger partial charge is 0.121 e. The fourth-order valence-corrected chi connectivity index (χ4v) is 1.94. The molecule has 22 heavy (non-hydrogen) atoms. The average molecular weight is 294 g/mol. The van der Waals surface area contributed by atoms with Crippen molar-refractivity contribution in [1.82, 2.24) is 0 Å². The van der Waals surface area contributed by atoms with Crippen LogP contribution in [0.25, 0.3) is 0 Å². The molecule has 0 fully saturated rings. The third kappa shape index (κ3) is 5.18. The van der Waals surface area contributed by atoms with E-state index >= 15 is 0 Å². The van der Waals surface area contributed by atoms with Crippen LogP contribution < -0.4 is 9.47 Å². The second kappa shape index (κ2) is 7.04. The van der Waals surface area contributed by atoms with Crippen LogP contribution in [-0.4, -0.2) is 12.2 Å². The lowest BCUT2D eigenvalue weighted by Gasteiger charge is -2.21. The van der Waals surface area contributed by atoms with E-state index in [0.29, 0.717) is 6.61 Å². The summed E-state index contributed by atoms with van der Waals surface area (Å²) in [5.74, 6) is 8.03. The minimum absolute atomic E-state index is 0.207. The van der Waals surface area contributed by atoms with Gasteiger partial charge in [-0.3, -0.25) is 0 Å². The lowest BCUT2D eigenvalue weighted by molar-refractivity contribution is 0.131. The summed E-state index contributed by atoms with van der Waals surface area (Å²) in [7, 11) is 0. The van der Waals surface area contributed by atoms with Crippen molar-refractivity contribution in [1.29, 1.82) is 0 Å². The zero-order valence-electron chi connectivity index (χ0n) is 13.6. The lowest BCUT2D eigenvalue weighted by atomic mass is 10.1. The summed E-state index contributed by atoms with van der Waals surface area (Å²) in [6.45, 7) is 8.74. The molecule has 0 atom stereocenters. The Labute approximate surface area is 133 Å². The van der Waals surface area contributed by atoms with Crippen molar-refractivity contribution in [2.45, 2.75) is 33.3 Å². The quantitative estimate of drug-likeness (QED) is 0.766. The van der Waals surface area contributed by atoms with Crippen molar-refractivity contribution in [3.63, 3.8) is 0 Å². The van der Waals surface area contributed by atoms with E-state index in [0.717, 1.165) is 22.6 Å². The Morgan fingerprint density at radius 3 is 2.18 bits per heavy atom. The summed E-state index contributed by atoms with van der Waals surface area (Å²) < 4.78 is 11.3. The zero-order chi connectivity index (χ0) is 16.0. The monoisotopic (exact) mass is 294 g/mol. The molecule has 0 radical (unpaired) electrons. The van der Waals surface area contributed by atoms with Crippen LogP contribution >= 0.6 is 0 Å². The van der Waals surface area contributed by atoms with Crippen molar-refractivity contribution in [2.24, 2.45) is 0 Å². The van der Waals surface area contributed by atoms with Gasteiger partial charge in [-0.25, -0.2) is 0 Å². The molecule has 0 aliphatic carbocycles. The van der Waals surface area contributed by atoms with E-state index in [9.17, 15) is 0 Å². The van der Waals surface area contributed by atoms with E-state index in [1.54, 1.807) is 0 Å². The van der Waals surface area contributed by atoms with Gasteiger partial charge in [0.2, 0.25) is 0 Å². The Balaban J connectivity index is 2.12. The van der Waals surface area contributed by atoms with Crippen molar-refractivity contribution in [3.8, 4) is 23.3 Å². The number of ether oxygens (including phenoxy) is 2. The molecule has 0 unspecified atom stereocenters. The van der Waals surface area contributed by atoms with Gasteiger partial charge in [-0.2, -0.15) is 0 Å². The molecule has 0 aliphatic rings. The molecule has 2 aromatic carbocycles. The van der Waals surface area contributed by atoms with E-state index in [1.165, 1.54) is 0 Å². The van der Waals surface area contributed by atoms with Crippen molar-refractivity contribution in [2.75, 3.05) is 6.61 Å². The SMILES string of the molecule is CCOc1ccc(C#Cc2cccc(OC(C)(C)C)c2)cc1. The maximum atomic E-state index is 5.85. The minimum atomic E-state index is -0.207. The van der Waals surface area contributed by atoms with E-state index in [-0.39, 0.29) is 5.60 Å². The van der Waals surface area contributed by atoms with Gasteiger partial charge in [0, 0.05) is 11.1 Å². The molecule has 2 nitrogen and oxygen atoms in total. The predicted octanol–water partition coefficient (Wildman–Crippen LogP) is 4.66. The highest BCUT2D eigenvalue weighted by molar-refractivity contribution is 5.46. The Bertz CT molecular complexity index is 667. The molecule has 0 aromatic heterocycles. The van der Waals surface area contributed by atoms with Gasteiger partial charge in [0.15, 0.2) is 0 Å². The van der Waals surface area contributed by atoms with Crippen LogP contribution in [0.15, 0.2) is 48.5 Å². The number of rotatable bonds is 3. The summed E-state index contributed by atoms with van der Waals surface area (Å²) in [6, 6.07) is 15.7. The lowest BCUT2D eigenvalue weighted by Crippen LogP contribution is -2.22. The second-order valence-electron chi connectivity index (χ2n) is 5.95. The van der Waals surface area contributed by atoms with Crippen LogP contribution in [0.5, 0.6) is 11.5 Å². The summed E-state index contributed by atoms with van der Waals surface area (Å²) in [5, 5.41) is 0. The van der Waals surface area contributed by atoms with Crippen LogP contribution in [0.3, 0.4) is 0 Å². The third-order valence-electron chi connectivity index (χ3n) is 2.77. The minimum Gasteiger partial charge on any atom is -0.494 e. The normalized spacial score (nSPS) is 10.5. The standard InChI is InChI=1S/C20H22O2/c1-5-21-18-13-11-16(12-14-18)9-10-17-7-6-8-19(15-17)22-20(2,3)4/h6-8,11-15H,5H2,1-4H3. The maximum Gasteiger partial charge on any atom is 0.121 e. The van der Waals surface area contributed by atoms with Gasteiger partial charge >= 0.3 is 0 Å². The highest BCUT2D eigenvalue weighted by Gasteiger charge is 2.11. The van der Waals surface area contributed by atoms with E-state index < -0.39 is 0 Å². The van der Waals surface area contributed by atoms with Gasteiger partial charge in [0.05, 0.1) is 6.61 Å². The van der Waals surface area contributed by atoms with E-state index in [2.05, 4.69) is 11.8 Å². The maximum absolute atomic E-state index is 5.85. The predicted molar refractivity (Wildman–Crippen MR) is 90.4 cm³/mol. The first kappa shape index (κ1) is 16.0. The van der Waals surface area contributed by atoms with Gasteiger partial charge < -0.3 is 9.47 Å². The van der Waals surface area contributed by atoms with E-state index in [1.807, 2.05) is 76.2 Å². The van der Waals surface area contributed by atoms with Gasteiger partial charge in [0.1, 0.15) is 17.1 Å². The number of benzene rings is 2. The highest BCUT2D eigenvalue weighted by atomic mass is 16.5. The molecule has 0 N–H and O–H groups in total. The Hall–Kier alpha value is -2.40. The van der Waals surface area contributed by atoms with Crippen molar-refractivity contribution in [3.05, 3.63) is 59.7 Å². The van der Waals surface area contributed by atoms with E-state index in [4.69, 9.17) is 9.47 Å². The molecule has 0 saturated carbocycles. The van der Waals surface area contributed by atoms with Crippen LogP contribution in [-0.2, 0) is 0 Å². The molecule has 0 bridgehead atoms. The van der Waals surface area contributed by atoms with Crippen LogP contribution in [0.1, 0.15) is 38.8 Å². The summed E-state index contributed by atoms with van der Waals surface area (Å²) in [6.07, 6.45) is 0. The largest absolute Gasteiger partial charge is 0.494 e. The number of hydrogen-bond donors (Lipinski definition) is 0. The summed E-state index contributed by atoms with van der Waals surface area (Å²) >= 11 is 0. The Morgan fingerprint density at radius 1 is 0.864 bits per heavy atom.